The van der Waals surface area contributed by atoms with Crippen molar-refractivity contribution in [3.8, 4) is 39.6 Å². The van der Waals surface area contributed by atoms with Crippen molar-refractivity contribution in [1.29, 1.82) is 0 Å². The van der Waals surface area contributed by atoms with E-state index in [1.165, 1.54) is 47.8 Å². The monoisotopic (exact) mass is 1090 g/mol. The van der Waals surface area contributed by atoms with Crippen LogP contribution in [0.3, 0.4) is 0 Å². The summed E-state index contributed by atoms with van der Waals surface area (Å²) in [5, 5.41) is 4.78. The first-order valence-corrected chi connectivity index (χ1v) is 24.1. The molecule has 8 aromatic carbocycles. The van der Waals surface area contributed by atoms with Crippen molar-refractivity contribution in [3.05, 3.63) is 212 Å². The first kappa shape index (κ1) is 44.5. The zero-order valence-electron chi connectivity index (χ0n) is 39.3. The minimum atomic E-state index is -0.0570. The largest absolute Gasteiger partial charge is 0.509 e. The molecule has 342 valence electrons. The quantitative estimate of drug-likeness (QED) is 0.149. The van der Waals surface area contributed by atoms with Gasteiger partial charge in [-0.1, -0.05) is 150 Å². The van der Waals surface area contributed by atoms with Crippen LogP contribution in [0, 0.1) is 18.8 Å². The normalized spacial score (nSPS) is 12.8. The fraction of sp³-hybridized carbons (Fsp3) is 0.129. The maximum Gasteiger partial charge on any atom is 0.135 e. The van der Waals surface area contributed by atoms with Crippen LogP contribution in [-0.4, -0.2) is 9.55 Å². The molecule has 69 heavy (non-hydrogen) atoms. The molecule has 0 N–H and O–H groups in total. The van der Waals surface area contributed by atoms with Crippen molar-refractivity contribution in [3.63, 3.8) is 0 Å². The molecule has 5 nitrogen and oxygen atoms in total. The van der Waals surface area contributed by atoms with Crippen LogP contribution in [0.1, 0.15) is 52.7 Å². The summed E-state index contributed by atoms with van der Waals surface area (Å²) in [6.07, 6.45) is 1.93. The second-order valence-electron chi connectivity index (χ2n) is 19.8. The minimum absolute atomic E-state index is 0. The van der Waals surface area contributed by atoms with Crippen LogP contribution in [0.4, 0.5) is 22.7 Å². The van der Waals surface area contributed by atoms with E-state index >= 15 is 0 Å². The molecular weight excluding hydrogens is 1040 g/mol. The number of thiophene rings is 1. The van der Waals surface area contributed by atoms with Gasteiger partial charge in [-0.15, -0.1) is 54.0 Å². The smallest absolute Gasteiger partial charge is 0.135 e. The number of ether oxygens (including phenoxy) is 1. The van der Waals surface area contributed by atoms with E-state index in [1.54, 1.807) is 0 Å². The number of hydrogen-bond donors (Lipinski definition) is 0. The van der Waals surface area contributed by atoms with E-state index < -0.39 is 0 Å². The molecule has 0 fully saturated rings. The Morgan fingerprint density at radius 1 is 0.551 bits per heavy atom. The van der Waals surface area contributed by atoms with Gasteiger partial charge in [-0.3, -0.25) is 0 Å². The third-order valence-electron chi connectivity index (χ3n) is 13.2. The molecule has 1 aliphatic heterocycles. The number of hydrogen-bond acceptors (Lipinski definition) is 5. The summed E-state index contributed by atoms with van der Waals surface area (Å²) in [5.74, 6) is 2.06. The van der Waals surface area contributed by atoms with Crippen molar-refractivity contribution in [2.45, 2.75) is 52.4 Å². The van der Waals surface area contributed by atoms with Crippen LogP contribution < -0.4 is 14.5 Å². The molecule has 0 unspecified atom stereocenters. The first-order chi connectivity index (χ1) is 32.9. The molecule has 0 amide bonds. The van der Waals surface area contributed by atoms with Crippen LogP contribution in [0.15, 0.2) is 182 Å². The number of anilines is 4. The van der Waals surface area contributed by atoms with Gasteiger partial charge in [0, 0.05) is 70.6 Å². The molecule has 0 aliphatic carbocycles. The van der Waals surface area contributed by atoms with E-state index in [9.17, 15) is 0 Å². The first-order valence-electron chi connectivity index (χ1n) is 23.3. The maximum absolute atomic E-state index is 6.78. The third-order valence-corrected chi connectivity index (χ3v) is 14.4. The van der Waals surface area contributed by atoms with Crippen LogP contribution in [0.25, 0.3) is 70.0 Å². The predicted molar refractivity (Wildman–Crippen MR) is 285 cm³/mol. The number of nitrogens with zero attached hydrogens (tertiary/aromatic N) is 4. The van der Waals surface area contributed by atoms with Gasteiger partial charge >= 0.3 is 0 Å². The number of pyridine rings is 1. The zero-order chi connectivity index (χ0) is 46.3. The molecule has 12 rings (SSSR count). The second-order valence-corrected chi connectivity index (χ2v) is 20.9. The number of benzene rings is 8. The van der Waals surface area contributed by atoms with E-state index in [0.29, 0.717) is 11.5 Å². The van der Waals surface area contributed by atoms with Crippen molar-refractivity contribution < 1.29 is 25.8 Å². The third kappa shape index (κ3) is 8.00. The topological polar surface area (TPSA) is 33.5 Å². The van der Waals surface area contributed by atoms with Crippen molar-refractivity contribution in [2.24, 2.45) is 0 Å². The molecule has 3 aromatic heterocycles. The molecule has 0 atom stereocenters. The average Bonchev–Trinajstić information content (AvgIpc) is 4.03. The molecule has 7 heteroatoms. The molecule has 0 saturated carbocycles. The predicted octanol–water partition coefficient (Wildman–Crippen LogP) is 17.3. The summed E-state index contributed by atoms with van der Waals surface area (Å²) in [7, 11) is 0. The Labute approximate surface area is 422 Å². The Morgan fingerprint density at radius 2 is 1.23 bits per heavy atom. The van der Waals surface area contributed by atoms with Crippen LogP contribution in [-0.2, 0) is 31.9 Å². The second kappa shape index (κ2) is 17.2. The van der Waals surface area contributed by atoms with Gasteiger partial charge in [-0.25, -0.2) is 4.98 Å². The summed E-state index contributed by atoms with van der Waals surface area (Å²) in [6, 6.07) is 70.2. The molecule has 11 aromatic rings. The molecule has 0 radical (unpaired) electrons. The Morgan fingerprint density at radius 3 is 1.96 bits per heavy atom. The summed E-state index contributed by atoms with van der Waals surface area (Å²) >= 11 is 1.82. The van der Waals surface area contributed by atoms with E-state index in [0.717, 1.165) is 56.1 Å². The Balaban J connectivity index is 0.00000520. The molecule has 4 heterocycles. The van der Waals surface area contributed by atoms with Gasteiger partial charge in [0.05, 0.1) is 5.52 Å². The molecule has 0 saturated heterocycles. The molecule has 0 spiro atoms. The fourth-order valence-corrected chi connectivity index (χ4v) is 10.8. The van der Waals surface area contributed by atoms with E-state index in [1.807, 2.05) is 35.7 Å². The summed E-state index contributed by atoms with van der Waals surface area (Å²) in [4.78, 5) is 9.57. The van der Waals surface area contributed by atoms with Crippen LogP contribution >= 0.6 is 11.3 Å². The fourth-order valence-electron chi connectivity index (χ4n) is 9.60. The van der Waals surface area contributed by atoms with E-state index in [4.69, 9.17) is 9.72 Å². The summed E-state index contributed by atoms with van der Waals surface area (Å²) < 4.78 is 11.5. The van der Waals surface area contributed by atoms with Crippen molar-refractivity contribution >= 4 is 76.1 Å². The Bertz CT molecular complexity index is 3670. The Kier molecular flexibility index (Phi) is 11.1. The standard InChI is InChI=1S/C62H49N4OS.Pt/c1-61(2,3)45-25-28-53-55(35-45)65(48-33-43(40-16-9-7-10-17-40)32-44(34-48)41-18-11-8-12-19-41)39-64(53)47-21-15-22-49(37-47)67-50-26-27-52-54(38-50)66(57-36-46(30-31-63-57)62(4,5)6)59-58-51-23-14-13-20-42(51)24-29-56(58)68-60(52)59;/h7-36,39H,1-6H3;/q-3;. The van der Waals surface area contributed by atoms with Gasteiger partial charge in [0.25, 0.3) is 0 Å². The summed E-state index contributed by atoms with van der Waals surface area (Å²) in [6.45, 7) is 15.7. The van der Waals surface area contributed by atoms with Gasteiger partial charge in [-0.05, 0) is 104 Å². The van der Waals surface area contributed by atoms with Crippen LogP contribution in [0.5, 0.6) is 11.5 Å². The Hall–Kier alpha value is -6.98. The summed E-state index contributed by atoms with van der Waals surface area (Å²) in [5.41, 5.74) is 13.2. The van der Waals surface area contributed by atoms with Gasteiger partial charge < -0.3 is 19.1 Å². The average molecular weight is 1090 g/mol. The van der Waals surface area contributed by atoms with E-state index in [2.05, 4.69) is 232 Å². The van der Waals surface area contributed by atoms with Gasteiger partial charge in [0.2, 0.25) is 0 Å². The van der Waals surface area contributed by atoms with Crippen molar-refractivity contribution in [1.82, 2.24) is 9.55 Å². The number of aromatic nitrogens is 2. The zero-order valence-corrected chi connectivity index (χ0v) is 42.4. The van der Waals surface area contributed by atoms with E-state index in [-0.39, 0.29) is 31.9 Å². The minimum Gasteiger partial charge on any atom is -0.509 e. The van der Waals surface area contributed by atoms with Gasteiger partial charge in [0.1, 0.15) is 5.82 Å². The number of rotatable bonds is 7. The molecule has 1 aliphatic rings. The number of fused-ring (bicyclic) bond motifs is 8. The van der Waals surface area contributed by atoms with Crippen LogP contribution in [0.2, 0.25) is 0 Å². The molecule has 0 bridgehead atoms. The van der Waals surface area contributed by atoms with Gasteiger partial charge in [-0.2, -0.15) is 12.1 Å². The SMILES string of the molecule is CC(C)(C)c1ccnc(-n2c3[c-]c(Oc4[c-]c(N5[CH-]N(c6cc(-c7ccccc7)cc(-c7ccccc7)c6)c6cc(C(C)(C)C)ccc65)ccc4)ccc3c3sc4ccc5ccccc5c4c32)c1.[Pt]. The van der Waals surface area contributed by atoms with Crippen molar-refractivity contribution in [2.75, 3.05) is 9.80 Å². The van der Waals surface area contributed by atoms with Gasteiger partial charge in [0.15, 0.2) is 0 Å². The molecular formula is C62H49N4OPtS-3. The maximum atomic E-state index is 6.78.